The molecule has 5 aliphatic carbocycles. The van der Waals surface area contributed by atoms with Crippen LogP contribution in [0.5, 0.6) is 0 Å². The summed E-state index contributed by atoms with van der Waals surface area (Å²) in [6.45, 7) is 3.57. The van der Waals surface area contributed by atoms with Crippen LogP contribution in [0, 0.1) is 29.1 Å². The summed E-state index contributed by atoms with van der Waals surface area (Å²) in [5.41, 5.74) is 2.00. The smallest absolute Gasteiger partial charge is 0.171 e. The van der Waals surface area contributed by atoms with Gasteiger partial charge < -0.3 is 14.6 Å². The van der Waals surface area contributed by atoms with E-state index in [2.05, 4.69) is 22.9 Å². The lowest BCUT2D eigenvalue weighted by Crippen LogP contribution is -2.54. The number of rotatable bonds is 1. The topological polar surface area (TPSA) is 55.8 Å². The molecule has 6 rings (SSSR count). The average molecular weight is 493 g/mol. The zero-order chi connectivity index (χ0) is 21.4. The van der Waals surface area contributed by atoms with Crippen molar-refractivity contribution in [3.05, 3.63) is 11.1 Å². The minimum absolute atomic E-state index is 0.145. The molecule has 1 N–H and O–H groups in total. The Hall–Kier alpha value is -0.230. The van der Waals surface area contributed by atoms with E-state index < -0.39 is 11.4 Å². The van der Waals surface area contributed by atoms with Gasteiger partial charge in [-0.15, -0.1) is 0 Å². The Morgan fingerprint density at radius 1 is 0.968 bits per heavy atom. The first-order chi connectivity index (χ1) is 14.8. The van der Waals surface area contributed by atoms with Crippen LogP contribution >= 0.6 is 15.9 Å². The molecule has 1 heterocycles. The fraction of sp³-hybridized carbons (Fsp3) is 0.885. The fourth-order valence-corrected chi connectivity index (χ4v) is 9.28. The highest BCUT2D eigenvalue weighted by Crippen LogP contribution is 2.64. The molecule has 0 aromatic carbocycles. The molecule has 0 bridgehead atoms. The fourth-order valence-electron chi connectivity index (χ4n) is 8.75. The standard InChI is InChI=1S/C26H37BrO4/c1-24-14-19(16-2-4-17(27)5-3-16)23-18(20(24)6-7-22(24)28)8-10-25(29)15-26(11-9-21(23)25)30-12-13-31-26/h16-20,29H,2-15H2,1H3/t16?,17?,18?,19-,20?,24+,25-/m1/s1. The molecule has 5 atom stereocenters. The molecule has 0 aromatic rings. The Morgan fingerprint density at radius 2 is 1.71 bits per heavy atom. The predicted molar refractivity (Wildman–Crippen MR) is 122 cm³/mol. The minimum atomic E-state index is -0.782. The van der Waals surface area contributed by atoms with Crippen LogP contribution in [-0.2, 0) is 14.3 Å². The van der Waals surface area contributed by atoms with Crippen molar-refractivity contribution < 1.29 is 19.4 Å². The van der Waals surface area contributed by atoms with Crippen molar-refractivity contribution in [2.75, 3.05) is 13.2 Å². The van der Waals surface area contributed by atoms with E-state index in [-0.39, 0.29) is 5.41 Å². The third-order valence-electron chi connectivity index (χ3n) is 10.2. The van der Waals surface area contributed by atoms with Crippen molar-refractivity contribution in [1.29, 1.82) is 0 Å². The van der Waals surface area contributed by atoms with Gasteiger partial charge in [-0.1, -0.05) is 28.4 Å². The summed E-state index contributed by atoms with van der Waals surface area (Å²) in [6.07, 6.45) is 11.9. The van der Waals surface area contributed by atoms with Crippen molar-refractivity contribution in [1.82, 2.24) is 0 Å². The molecule has 31 heavy (non-hydrogen) atoms. The number of hydrogen-bond donors (Lipinski definition) is 1. The summed E-state index contributed by atoms with van der Waals surface area (Å²) in [7, 11) is 0. The molecule has 4 saturated carbocycles. The summed E-state index contributed by atoms with van der Waals surface area (Å²) < 4.78 is 12.1. The van der Waals surface area contributed by atoms with Crippen LogP contribution < -0.4 is 0 Å². The zero-order valence-corrected chi connectivity index (χ0v) is 20.4. The van der Waals surface area contributed by atoms with Gasteiger partial charge in [0.2, 0.25) is 0 Å². The molecule has 0 radical (unpaired) electrons. The molecule has 0 amide bonds. The minimum Gasteiger partial charge on any atom is -0.385 e. The highest BCUT2D eigenvalue weighted by atomic mass is 79.9. The highest BCUT2D eigenvalue weighted by molar-refractivity contribution is 9.09. The van der Waals surface area contributed by atoms with Gasteiger partial charge in [0, 0.05) is 29.5 Å². The molecule has 0 aromatic heterocycles. The molecule has 5 fully saturated rings. The number of allylic oxidation sites excluding steroid dienone is 1. The highest BCUT2D eigenvalue weighted by Gasteiger charge is 2.61. The average Bonchev–Trinajstić information content (AvgIpc) is 3.31. The lowest BCUT2D eigenvalue weighted by atomic mass is 9.50. The van der Waals surface area contributed by atoms with E-state index in [1.54, 1.807) is 5.57 Å². The summed E-state index contributed by atoms with van der Waals surface area (Å²) in [6, 6.07) is 0. The van der Waals surface area contributed by atoms with Crippen molar-refractivity contribution in [2.45, 2.75) is 100 Å². The Bertz CT molecular complexity index is 793. The number of alkyl halides is 1. The number of ketones is 1. The van der Waals surface area contributed by atoms with Crippen LogP contribution in [0.4, 0.5) is 0 Å². The van der Waals surface area contributed by atoms with Crippen molar-refractivity contribution in [2.24, 2.45) is 29.1 Å². The number of aliphatic hydroxyl groups is 1. The second-order valence-corrected chi connectivity index (χ2v) is 13.0. The quantitative estimate of drug-likeness (QED) is 0.397. The number of carbonyl (C=O) groups excluding carboxylic acids is 1. The number of Topliss-reactive ketones (excluding diaryl/α,β-unsaturated/α-hetero) is 1. The normalized spacial score (nSPS) is 49.1. The molecular weight excluding hydrogens is 456 g/mol. The van der Waals surface area contributed by atoms with E-state index in [1.807, 2.05) is 0 Å². The number of halogens is 1. The van der Waals surface area contributed by atoms with Crippen LogP contribution in [0.25, 0.3) is 0 Å². The summed E-state index contributed by atoms with van der Waals surface area (Å²) in [5, 5.41) is 12.0. The molecule has 6 aliphatic rings. The van der Waals surface area contributed by atoms with Gasteiger partial charge in [0.1, 0.15) is 5.78 Å². The number of ether oxygens (including phenoxy) is 2. The van der Waals surface area contributed by atoms with Crippen LogP contribution in [0.15, 0.2) is 11.1 Å². The molecule has 1 spiro atoms. The Balaban J connectivity index is 1.42. The first kappa shape index (κ1) is 21.3. The summed E-state index contributed by atoms with van der Waals surface area (Å²) in [5.74, 6) is 2.04. The van der Waals surface area contributed by atoms with Gasteiger partial charge in [0.05, 0.1) is 18.8 Å². The Labute approximate surface area is 194 Å². The number of carbonyl (C=O) groups is 1. The van der Waals surface area contributed by atoms with Crippen LogP contribution in [0.2, 0.25) is 0 Å². The van der Waals surface area contributed by atoms with E-state index in [0.717, 1.165) is 44.9 Å². The predicted octanol–water partition coefficient (Wildman–Crippen LogP) is 5.31. The molecule has 5 heteroatoms. The maximum Gasteiger partial charge on any atom is 0.171 e. The van der Waals surface area contributed by atoms with E-state index >= 15 is 0 Å². The van der Waals surface area contributed by atoms with Gasteiger partial charge in [-0.2, -0.15) is 0 Å². The Morgan fingerprint density at radius 3 is 2.45 bits per heavy atom. The van der Waals surface area contributed by atoms with Gasteiger partial charge in [-0.25, -0.2) is 0 Å². The lowest BCUT2D eigenvalue weighted by molar-refractivity contribution is -0.208. The molecule has 1 aliphatic heterocycles. The first-order valence-corrected chi connectivity index (χ1v) is 13.7. The largest absolute Gasteiger partial charge is 0.385 e. The van der Waals surface area contributed by atoms with Crippen molar-refractivity contribution in [3.63, 3.8) is 0 Å². The zero-order valence-electron chi connectivity index (χ0n) is 18.8. The summed E-state index contributed by atoms with van der Waals surface area (Å²) in [4.78, 5) is 13.7. The van der Waals surface area contributed by atoms with Crippen LogP contribution in [0.1, 0.15) is 84.0 Å². The van der Waals surface area contributed by atoms with Crippen molar-refractivity contribution in [3.8, 4) is 0 Å². The van der Waals surface area contributed by atoms with E-state index in [1.165, 1.54) is 31.3 Å². The third-order valence-corrected chi connectivity index (χ3v) is 11.2. The van der Waals surface area contributed by atoms with Gasteiger partial charge in [0.25, 0.3) is 0 Å². The summed E-state index contributed by atoms with van der Waals surface area (Å²) >= 11 is 3.84. The monoisotopic (exact) mass is 492 g/mol. The molecule has 1 saturated heterocycles. The SMILES string of the molecule is C[C@]12C[C@H](C3CCC(Br)CC3)C3=C4CCC5(C[C@]4(O)CCC3C1CCC2=O)OCCO5. The van der Waals surface area contributed by atoms with Crippen LogP contribution in [-0.4, -0.2) is 40.3 Å². The number of hydrogen-bond acceptors (Lipinski definition) is 4. The van der Waals surface area contributed by atoms with Crippen molar-refractivity contribution >= 4 is 21.7 Å². The van der Waals surface area contributed by atoms with Crippen LogP contribution in [0.3, 0.4) is 0 Å². The van der Waals surface area contributed by atoms with Gasteiger partial charge in [-0.3, -0.25) is 4.79 Å². The Kier molecular flexibility index (Phi) is 5.08. The van der Waals surface area contributed by atoms with E-state index in [4.69, 9.17) is 9.47 Å². The second kappa shape index (κ2) is 7.38. The van der Waals surface area contributed by atoms with Gasteiger partial charge >= 0.3 is 0 Å². The molecule has 4 nitrogen and oxygen atoms in total. The molecule has 2 unspecified atom stereocenters. The third kappa shape index (κ3) is 3.19. The first-order valence-electron chi connectivity index (χ1n) is 12.7. The maximum atomic E-state index is 13.1. The van der Waals surface area contributed by atoms with E-state index in [9.17, 15) is 9.90 Å². The molecule has 172 valence electrons. The molecular formula is C26H37BrO4. The maximum absolute atomic E-state index is 13.1. The second-order valence-electron chi connectivity index (χ2n) is 11.7. The van der Waals surface area contributed by atoms with E-state index in [0.29, 0.717) is 53.9 Å². The van der Waals surface area contributed by atoms with Gasteiger partial charge in [0.15, 0.2) is 5.79 Å². The van der Waals surface area contributed by atoms with Gasteiger partial charge in [-0.05, 0) is 87.0 Å². The lowest BCUT2D eigenvalue weighted by Gasteiger charge is -2.56. The number of fused-ring (bicyclic) bond motifs is 4.